The van der Waals surface area contributed by atoms with Crippen LogP contribution in [0.3, 0.4) is 0 Å². The average Bonchev–Trinajstić information content (AvgIpc) is 2.30. The van der Waals surface area contributed by atoms with Gasteiger partial charge in [-0.1, -0.05) is 18.2 Å². The summed E-state index contributed by atoms with van der Waals surface area (Å²) in [6.07, 6.45) is 0.607. The van der Waals surface area contributed by atoms with Crippen LogP contribution < -0.4 is 0 Å². The molecule has 0 bridgehead atoms. The summed E-state index contributed by atoms with van der Waals surface area (Å²) in [6.45, 7) is 0. The minimum absolute atomic E-state index is 0.0411. The Hall–Kier alpha value is -2.29. The molecule has 0 saturated carbocycles. The molecule has 2 N–H and O–H groups in total. The molecular formula is C13H10O3. The van der Waals surface area contributed by atoms with Gasteiger partial charge in [0.2, 0.25) is 0 Å². The molecule has 0 aromatic heterocycles. The molecule has 3 nitrogen and oxygen atoms in total. The number of aromatic hydroxyl groups is 2. The molecule has 0 heterocycles. The van der Waals surface area contributed by atoms with Crippen LogP contribution in [0.25, 0.3) is 11.1 Å². The van der Waals surface area contributed by atoms with E-state index in [1.807, 2.05) is 0 Å². The lowest BCUT2D eigenvalue weighted by atomic mass is 10.0. The van der Waals surface area contributed by atoms with Crippen LogP contribution in [0.2, 0.25) is 0 Å². The highest BCUT2D eigenvalue weighted by Crippen LogP contribution is 2.26. The highest BCUT2D eigenvalue weighted by molar-refractivity contribution is 5.81. The van der Waals surface area contributed by atoms with Gasteiger partial charge in [-0.2, -0.15) is 0 Å². The zero-order valence-corrected chi connectivity index (χ0v) is 8.42. The van der Waals surface area contributed by atoms with Gasteiger partial charge in [-0.05, 0) is 35.4 Å². The molecule has 2 aromatic carbocycles. The van der Waals surface area contributed by atoms with E-state index in [0.717, 1.165) is 11.1 Å². The molecule has 0 aliphatic carbocycles. The van der Waals surface area contributed by atoms with Gasteiger partial charge in [0.05, 0.1) is 5.56 Å². The molecule has 0 aliphatic heterocycles. The van der Waals surface area contributed by atoms with E-state index < -0.39 is 0 Å². The minimum atomic E-state index is -0.0411. The lowest BCUT2D eigenvalue weighted by Gasteiger charge is -2.04. The SMILES string of the molecule is O=Cc1ccc(-c2ccc(O)cc2)cc1O. The maximum atomic E-state index is 10.5. The van der Waals surface area contributed by atoms with Crippen molar-refractivity contribution in [1.82, 2.24) is 0 Å². The Morgan fingerprint density at radius 1 is 0.875 bits per heavy atom. The zero-order valence-electron chi connectivity index (χ0n) is 8.42. The predicted molar refractivity (Wildman–Crippen MR) is 60.6 cm³/mol. The Labute approximate surface area is 92.6 Å². The largest absolute Gasteiger partial charge is 0.508 e. The second kappa shape index (κ2) is 4.06. The summed E-state index contributed by atoms with van der Waals surface area (Å²) in [5, 5.41) is 18.7. The van der Waals surface area contributed by atoms with Crippen LogP contribution >= 0.6 is 0 Å². The van der Waals surface area contributed by atoms with Crippen molar-refractivity contribution in [1.29, 1.82) is 0 Å². The third kappa shape index (κ3) is 1.88. The molecule has 0 atom stereocenters. The number of phenolic OH excluding ortho intramolecular Hbond substituents is 2. The van der Waals surface area contributed by atoms with Crippen molar-refractivity contribution in [3.8, 4) is 22.6 Å². The lowest BCUT2D eigenvalue weighted by Crippen LogP contribution is -1.83. The number of carbonyl (C=O) groups excluding carboxylic acids is 1. The van der Waals surface area contributed by atoms with Crippen LogP contribution in [-0.4, -0.2) is 16.5 Å². The summed E-state index contributed by atoms with van der Waals surface area (Å²) in [6, 6.07) is 11.5. The Morgan fingerprint density at radius 3 is 2.06 bits per heavy atom. The van der Waals surface area contributed by atoms with Crippen molar-refractivity contribution in [3.05, 3.63) is 48.0 Å². The predicted octanol–water partition coefficient (Wildman–Crippen LogP) is 2.58. The molecule has 3 heteroatoms. The van der Waals surface area contributed by atoms with E-state index in [0.29, 0.717) is 6.29 Å². The van der Waals surface area contributed by atoms with Crippen molar-refractivity contribution >= 4 is 6.29 Å². The molecule has 2 aromatic rings. The number of benzene rings is 2. The van der Waals surface area contributed by atoms with Crippen LogP contribution in [0, 0.1) is 0 Å². The zero-order chi connectivity index (χ0) is 11.5. The smallest absolute Gasteiger partial charge is 0.153 e. The fourth-order valence-corrected chi connectivity index (χ4v) is 1.48. The van der Waals surface area contributed by atoms with Crippen molar-refractivity contribution in [3.63, 3.8) is 0 Å². The van der Waals surface area contributed by atoms with Crippen LogP contribution in [0.4, 0.5) is 0 Å². The monoisotopic (exact) mass is 214 g/mol. The van der Waals surface area contributed by atoms with E-state index in [1.54, 1.807) is 36.4 Å². The summed E-state index contributed by atoms with van der Waals surface area (Å²) in [7, 11) is 0. The number of hydrogen-bond donors (Lipinski definition) is 2. The van der Waals surface area contributed by atoms with Gasteiger partial charge in [-0.15, -0.1) is 0 Å². The highest BCUT2D eigenvalue weighted by Gasteiger charge is 2.03. The van der Waals surface area contributed by atoms with E-state index in [-0.39, 0.29) is 17.1 Å². The number of phenols is 2. The molecule has 2 rings (SSSR count). The van der Waals surface area contributed by atoms with E-state index in [1.165, 1.54) is 6.07 Å². The molecule has 0 saturated heterocycles. The average molecular weight is 214 g/mol. The first-order valence-corrected chi connectivity index (χ1v) is 4.78. The fraction of sp³-hybridized carbons (Fsp3) is 0. The second-order valence-electron chi connectivity index (χ2n) is 3.44. The first-order chi connectivity index (χ1) is 7.70. The van der Waals surface area contributed by atoms with Crippen LogP contribution in [0.1, 0.15) is 10.4 Å². The van der Waals surface area contributed by atoms with Crippen LogP contribution in [0.5, 0.6) is 11.5 Å². The molecule has 0 aliphatic rings. The molecule has 16 heavy (non-hydrogen) atoms. The van der Waals surface area contributed by atoms with Gasteiger partial charge in [0.15, 0.2) is 6.29 Å². The van der Waals surface area contributed by atoms with Crippen LogP contribution in [-0.2, 0) is 0 Å². The quantitative estimate of drug-likeness (QED) is 0.755. The van der Waals surface area contributed by atoms with E-state index in [2.05, 4.69) is 0 Å². The minimum Gasteiger partial charge on any atom is -0.508 e. The fourth-order valence-electron chi connectivity index (χ4n) is 1.48. The van der Waals surface area contributed by atoms with Gasteiger partial charge < -0.3 is 10.2 Å². The molecule has 80 valence electrons. The first-order valence-electron chi connectivity index (χ1n) is 4.78. The summed E-state index contributed by atoms with van der Waals surface area (Å²) in [5.74, 6) is 0.151. The van der Waals surface area contributed by atoms with E-state index >= 15 is 0 Å². The van der Waals surface area contributed by atoms with E-state index in [4.69, 9.17) is 5.11 Å². The third-order valence-corrected chi connectivity index (χ3v) is 2.36. The maximum absolute atomic E-state index is 10.5. The summed E-state index contributed by atoms with van der Waals surface area (Å²) < 4.78 is 0. The van der Waals surface area contributed by atoms with Gasteiger partial charge in [0.1, 0.15) is 11.5 Å². The van der Waals surface area contributed by atoms with Gasteiger partial charge in [-0.3, -0.25) is 4.79 Å². The maximum Gasteiger partial charge on any atom is 0.153 e. The van der Waals surface area contributed by atoms with E-state index in [9.17, 15) is 9.90 Å². The normalized spacial score (nSPS) is 10.0. The third-order valence-electron chi connectivity index (χ3n) is 2.36. The summed E-state index contributed by atoms with van der Waals surface area (Å²) in [5.41, 5.74) is 1.93. The Balaban J connectivity index is 2.45. The molecule has 0 amide bonds. The highest BCUT2D eigenvalue weighted by atomic mass is 16.3. The number of rotatable bonds is 2. The van der Waals surface area contributed by atoms with Crippen molar-refractivity contribution in [2.75, 3.05) is 0 Å². The Bertz CT molecular complexity index is 515. The number of carbonyl (C=O) groups is 1. The molecule has 0 fully saturated rings. The first kappa shape index (κ1) is 10.2. The molecule has 0 unspecified atom stereocenters. The lowest BCUT2D eigenvalue weighted by molar-refractivity contribution is 0.112. The number of aldehydes is 1. The topological polar surface area (TPSA) is 57.5 Å². The second-order valence-corrected chi connectivity index (χ2v) is 3.44. The molecular weight excluding hydrogens is 204 g/mol. The molecule has 0 radical (unpaired) electrons. The Kier molecular flexibility index (Phi) is 2.60. The van der Waals surface area contributed by atoms with Crippen molar-refractivity contribution < 1.29 is 15.0 Å². The van der Waals surface area contributed by atoms with Gasteiger partial charge in [0.25, 0.3) is 0 Å². The Morgan fingerprint density at radius 2 is 1.50 bits per heavy atom. The number of hydrogen-bond acceptors (Lipinski definition) is 3. The van der Waals surface area contributed by atoms with Gasteiger partial charge >= 0.3 is 0 Å². The van der Waals surface area contributed by atoms with Gasteiger partial charge in [0, 0.05) is 0 Å². The standard InChI is InChI=1S/C13H10O3/c14-8-11-2-1-10(7-13(11)16)9-3-5-12(15)6-4-9/h1-8,15-16H. The summed E-state index contributed by atoms with van der Waals surface area (Å²) in [4.78, 5) is 10.5. The van der Waals surface area contributed by atoms with Gasteiger partial charge in [-0.25, -0.2) is 0 Å². The molecule has 0 spiro atoms. The van der Waals surface area contributed by atoms with Crippen molar-refractivity contribution in [2.24, 2.45) is 0 Å². The van der Waals surface area contributed by atoms with Crippen LogP contribution in [0.15, 0.2) is 42.5 Å². The van der Waals surface area contributed by atoms with Crippen molar-refractivity contribution in [2.45, 2.75) is 0 Å². The summed E-state index contributed by atoms with van der Waals surface area (Å²) >= 11 is 0.